The van der Waals surface area contributed by atoms with E-state index in [4.69, 9.17) is 0 Å². The van der Waals surface area contributed by atoms with Crippen LogP contribution in [0.15, 0.2) is 30.3 Å². The van der Waals surface area contributed by atoms with Gasteiger partial charge in [-0.05, 0) is 49.0 Å². The molecule has 0 aliphatic carbocycles. The second kappa shape index (κ2) is 8.35. The predicted octanol–water partition coefficient (Wildman–Crippen LogP) is 3.71. The molecule has 134 valence electrons. The molecule has 4 heteroatoms. The molecule has 1 aromatic carbocycles. The van der Waals surface area contributed by atoms with Crippen molar-refractivity contribution in [2.45, 2.75) is 64.5 Å². The molecule has 3 nitrogen and oxygen atoms in total. The summed E-state index contributed by atoms with van der Waals surface area (Å²) in [7, 11) is 0. The van der Waals surface area contributed by atoms with E-state index in [1.165, 1.54) is 31.2 Å². The van der Waals surface area contributed by atoms with E-state index in [9.17, 15) is 4.79 Å². The van der Waals surface area contributed by atoms with Crippen molar-refractivity contribution in [2.24, 2.45) is 11.3 Å². The average Bonchev–Trinajstić information content (AvgIpc) is 2.85. The number of carbonyl (C=O) groups is 1. The molecule has 0 aromatic heterocycles. The molecule has 24 heavy (non-hydrogen) atoms. The number of hydrogen-bond acceptors (Lipinski definition) is 2. The molecule has 2 fully saturated rings. The van der Waals surface area contributed by atoms with Crippen molar-refractivity contribution < 1.29 is 4.79 Å². The summed E-state index contributed by atoms with van der Waals surface area (Å²) in [5.74, 6) is 0.809. The molecule has 0 spiro atoms. The number of halogens is 1. The lowest BCUT2D eigenvalue weighted by Gasteiger charge is -2.29. The first-order valence-electron chi connectivity index (χ1n) is 9.07. The number of hydrogen-bond donors (Lipinski definition) is 2. The van der Waals surface area contributed by atoms with E-state index in [1.807, 2.05) is 6.07 Å². The highest BCUT2D eigenvalue weighted by Gasteiger charge is 2.34. The van der Waals surface area contributed by atoms with E-state index in [1.54, 1.807) is 0 Å². The van der Waals surface area contributed by atoms with Crippen LogP contribution in [0.1, 0.15) is 51.5 Å². The van der Waals surface area contributed by atoms with Crippen LogP contribution >= 0.6 is 12.4 Å². The number of amides is 1. The summed E-state index contributed by atoms with van der Waals surface area (Å²) >= 11 is 0. The van der Waals surface area contributed by atoms with Gasteiger partial charge in [0.25, 0.3) is 0 Å². The maximum Gasteiger partial charge on any atom is 0.220 e. The molecule has 2 atom stereocenters. The minimum atomic E-state index is 0. The molecule has 2 bridgehead atoms. The Kier molecular flexibility index (Phi) is 6.70. The number of fused-ring (bicyclic) bond motifs is 2. The van der Waals surface area contributed by atoms with E-state index in [2.05, 4.69) is 48.7 Å². The molecule has 1 aromatic rings. The van der Waals surface area contributed by atoms with Gasteiger partial charge in [-0.2, -0.15) is 0 Å². The van der Waals surface area contributed by atoms with E-state index in [0.29, 0.717) is 24.4 Å². The molecule has 2 unspecified atom stereocenters. The number of nitrogens with one attached hydrogen (secondary N) is 2. The normalized spacial score (nSPS) is 25.8. The quantitative estimate of drug-likeness (QED) is 0.821. The summed E-state index contributed by atoms with van der Waals surface area (Å²) in [5.41, 5.74) is 1.42. The predicted molar refractivity (Wildman–Crippen MR) is 101 cm³/mol. The third-order valence-electron chi connectivity index (χ3n) is 5.33. The molecule has 0 saturated carbocycles. The molecule has 2 saturated heterocycles. The zero-order chi connectivity index (χ0) is 16.3. The van der Waals surface area contributed by atoms with Gasteiger partial charge in [-0.1, -0.05) is 44.2 Å². The second-order valence-electron chi connectivity index (χ2n) is 8.28. The Morgan fingerprint density at radius 1 is 1.17 bits per heavy atom. The minimum absolute atomic E-state index is 0. The molecule has 0 radical (unpaired) electrons. The Balaban J connectivity index is 0.00000208. The molecule has 2 N–H and O–H groups in total. The first kappa shape index (κ1) is 19.3. The van der Waals surface area contributed by atoms with Crippen molar-refractivity contribution in [2.75, 3.05) is 6.54 Å². The van der Waals surface area contributed by atoms with Gasteiger partial charge in [0.2, 0.25) is 5.91 Å². The molecule has 2 heterocycles. The smallest absolute Gasteiger partial charge is 0.220 e. The van der Waals surface area contributed by atoms with Crippen molar-refractivity contribution in [1.29, 1.82) is 0 Å². The SMILES string of the molecule is CC(C)(CNC(=O)CC1CC2CCC(C1)N2)Cc1ccccc1.Cl. The third-order valence-corrected chi connectivity index (χ3v) is 5.33. The van der Waals surface area contributed by atoms with Crippen molar-refractivity contribution >= 4 is 18.3 Å². The van der Waals surface area contributed by atoms with E-state index in [0.717, 1.165) is 13.0 Å². The zero-order valence-corrected chi connectivity index (χ0v) is 15.7. The standard InChI is InChI=1S/C20H30N2O.ClH/c1-20(2,13-15-6-4-3-5-7-15)14-21-19(23)12-16-10-17-8-9-18(11-16)22-17;/h3-7,16-18,22H,8-14H2,1-2H3,(H,21,23);1H. The van der Waals surface area contributed by atoms with Gasteiger partial charge < -0.3 is 10.6 Å². The maximum absolute atomic E-state index is 12.3. The zero-order valence-electron chi connectivity index (χ0n) is 14.9. The van der Waals surface area contributed by atoms with Crippen LogP contribution in [-0.2, 0) is 11.2 Å². The fourth-order valence-electron chi connectivity index (χ4n) is 4.22. The van der Waals surface area contributed by atoms with E-state index >= 15 is 0 Å². The minimum Gasteiger partial charge on any atom is -0.356 e. The fraction of sp³-hybridized carbons (Fsp3) is 0.650. The second-order valence-corrected chi connectivity index (χ2v) is 8.28. The van der Waals surface area contributed by atoms with Crippen LogP contribution in [0.5, 0.6) is 0 Å². The van der Waals surface area contributed by atoms with E-state index < -0.39 is 0 Å². The van der Waals surface area contributed by atoms with Gasteiger partial charge in [0, 0.05) is 25.0 Å². The van der Waals surface area contributed by atoms with Gasteiger partial charge in [0.1, 0.15) is 0 Å². The number of piperidine rings is 1. The number of rotatable bonds is 6. The lowest BCUT2D eigenvalue weighted by molar-refractivity contribution is -0.122. The van der Waals surface area contributed by atoms with Crippen LogP contribution in [0, 0.1) is 11.3 Å². The molecule has 1 amide bonds. The van der Waals surface area contributed by atoms with Gasteiger partial charge in [-0.3, -0.25) is 4.79 Å². The average molecular weight is 351 g/mol. The lowest BCUT2D eigenvalue weighted by Crippen LogP contribution is -2.41. The highest BCUT2D eigenvalue weighted by atomic mass is 35.5. The fourth-order valence-corrected chi connectivity index (χ4v) is 4.22. The Morgan fingerprint density at radius 3 is 2.42 bits per heavy atom. The van der Waals surface area contributed by atoms with Crippen LogP contribution in [0.4, 0.5) is 0 Å². The number of carbonyl (C=O) groups excluding carboxylic acids is 1. The summed E-state index contributed by atoms with van der Waals surface area (Å²) in [4.78, 5) is 12.3. The van der Waals surface area contributed by atoms with Gasteiger partial charge in [-0.25, -0.2) is 0 Å². The van der Waals surface area contributed by atoms with Crippen molar-refractivity contribution in [1.82, 2.24) is 10.6 Å². The van der Waals surface area contributed by atoms with Gasteiger partial charge >= 0.3 is 0 Å². The first-order valence-corrected chi connectivity index (χ1v) is 9.07. The van der Waals surface area contributed by atoms with Crippen molar-refractivity contribution in [3.05, 3.63) is 35.9 Å². The highest BCUT2D eigenvalue weighted by molar-refractivity contribution is 5.85. The Morgan fingerprint density at radius 2 is 1.79 bits per heavy atom. The first-order chi connectivity index (χ1) is 11.0. The van der Waals surface area contributed by atoms with Crippen molar-refractivity contribution in [3.8, 4) is 0 Å². The molecular weight excluding hydrogens is 320 g/mol. The molecular formula is C20H31ClN2O. The van der Waals surface area contributed by atoms with Crippen LogP contribution < -0.4 is 10.6 Å². The van der Waals surface area contributed by atoms with Crippen LogP contribution in [-0.4, -0.2) is 24.5 Å². The van der Waals surface area contributed by atoms with Gasteiger partial charge in [0.15, 0.2) is 0 Å². The Bertz CT molecular complexity index is 520. The lowest BCUT2D eigenvalue weighted by atomic mass is 9.85. The van der Waals surface area contributed by atoms with Crippen molar-refractivity contribution in [3.63, 3.8) is 0 Å². The summed E-state index contributed by atoms with van der Waals surface area (Å²) in [6.07, 6.45) is 6.65. The topological polar surface area (TPSA) is 41.1 Å². The van der Waals surface area contributed by atoms with Crippen LogP contribution in [0.2, 0.25) is 0 Å². The van der Waals surface area contributed by atoms with Gasteiger partial charge in [0.05, 0.1) is 0 Å². The molecule has 2 aliphatic rings. The monoisotopic (exact) mass is 350 g/mol. The summed E-state index contributed by atoms with van der Waals surface area (Å²) < 4.78 is 0. The summed E-state index contributed by atoms with van der Waals surface area (Å²) in [5, 5.41) is 6.83. The highest BCUT2D eigenvalue weighted by Crippen LogP contribution is 2.32. The maximum atomic E-state index is 12.3. The molecule has 3 rings (SSSR count). The summed E-state index contributed by atoms with van der Waals surface area (Å²) in [6.45, 7) is 5.20. The molecule has 2 aliphatic heterocycles. The Hall–Kier alpha value is -1.06. The number of benzene rings is 1. The van der Waals surface area contributed by atoms with E-state index in [-0.39, 0.29) is 23.7 Å². The largest absolute Gasteiger partial charge is 0.356 e. The summed E-state index contributed by atoms with van der Waals surface area (Å²) in [6, 6.07) is 11.9. The third kappa shape index (κ3) is 5.49. The Labute approximate surface area is 152 Å². The van der Waals surface area contributed by atoms with Gasteiger partial charge in [-0.15, -0.1) is 12.4 Å². The van der Waals surface area contributed by atoms with Crippen LogP contribution in [0.25, 0.3) is 0 Å². The van der Waals surface area contributed by atoms with Crippen LogP contribution in [0.3, 0.4) is 0 Å².